The van der Waals surface area contributed by atoms with Crippen LogP contribution in [-0.2, 0) is 11.3 Å². The highest BCUT2D eigenvalue weighted by molar-refractivity contribution is 5.81. The first-order valence-corrected chi connectivity index (χ1v) is 5.75. The largest absolute Gasteiger partial charge is 0.481 e. The van der Waals surface area contributed by atoms with Crippen molar-refractivity contribution in [2.75, 3.05) is 6.54 Å². The molecule has 86 valence electrons. The van der Waals surface area contributed by atoms with Crippen LogP contribution in [0.4, 0.5) is 0 Å². The molecule has 0 spiro atoms. The number of hydrogen-bond acceptors (Lipinski definition) is 2. The molecule has 0 radical (unpaired) electrons. The molecule has 0 saturated carbocycles. The van der Waals surface area contributed by atoms with Gasteiger partial charge in [-0.05, 0) is 19.4 Å². The van der Waals surface area contributed by atoms with Crippen molar-refractivity contribution in [1.82, 2.24) is 4.90 Å². The zero-order valence-corrected chi connectivity index (χ0v) is 9.77. The summed E-state index contributed by atoms with van der Waals surface area (Å²) in [5.74, 6) is 0.917. The fourth-order valence-electron chi connectivity index (χ4n) is 1.99. The van der Waals surface area contributed by atoms with E-state index in [2.05, 4.69) is 6.92 Å². The highest BCUT2D eigenvalue weighted by atomic mass is 16.5. The molecule has 3 heteroatoms. The number of carbonyl (C=O) groups is 1. The maximum absolute atomic E-state index is 12.0. The molecule has 0 aliphatic carbocycles. The van der Waals surface area contributed by atoms with E-state index in [4.69, 9.17) is 4.74 Å². The molecule has 16 heavy (non-hydrogen) atoms. The first kappa shape index (κ1) is 11.0. The Morgan fingerprint density at radius 1 is 1.44 bits per heavy atom. The van der Waals surface area contributed by atoms with Crippen LogP contribution in [0.3, 0.4) is 0 Å². The van der Waals surface area contributed by atoms with Crippen molar-refractivity contribution in [3.63, 3.8) is 0 Å². The Labute approximate surface area is 96.0 Å². The van der Waals surface area contributed by atoms with Gasteiger partial charge in [0.1, 0.15) is 5.75 Å². The van der Waals surface area contributed by atoms with E-state index >= 15 is 0 Å². The van der Waals surface area contributed by atoms with Gasteiger partial charge in [0.25, 0.3) is 5.91 Å². The van der Waals surface area contributed by atoms with Gasteiger partial charge >= 0.3 is 0 Å². The first-order chi connectivity index (χ1) is 7.72. The highest BCUT2D eigenvalue weighted by Gasteiger charge is 2.26. The molecule has 1 heterocycles. The standard InChI is InChI=1S/C13H17NO2/c1-3-8-14-9-11-6-4-5-7-12(11)16-10(2)13(14)15/h4-7,10H,3,8-9H2,1-2H3. The summed E-state index contributed by atoms with van der Waals surface area (Å²) < 4.78 is 5.65. The third kappa shape index (κ3) is 2.03. The van der Waals surface area contributed by atoms with Crippen molar-refractivity contribution in [2.45, 2.75) is 32.9 Å². The summed E-state index contributed by atoms with van der Waals surface area (Å²) in [5.41, 5.74) is 1.09. The molecule has 0 fully saturated rings. The molecule has 1 atom stereocenters. The summed E-state index contributed by atoms with van der Waals surface area (Å²) in [7, 11) is 0. The van der Waals surface area contributed by atoms with Gasteiger partial charge in [0.2, 0.25) is 0 Å². The Kier molecular flexibility index (Phi) is 3.13. The highest BCUT2D eigenvalue weighted by Crippen LogP contribution is 2.25. The van der Waals surface area contributed by atoms with Crippen molar-refractivity contribution in [3.05, 3.63) is 29.8 Å². The summed E-state index contributed by atoms with van der Waals surface area (Å²) in [4.78, 5) is 13.9. The van der Waals surface area contributed by atoms with E-state index in [1.54, 1.807) is 0 Å². The van der Waals surface area contributed by atoms with Crippen LogP contribution in [0.5, 0.6) is 5.75 Å². The van der Waals surface area contributed by atoms with Crippen LogP contribution >= 0.6 is 0 Å². The summed E-state index contributed by atoms with van der Waals surface area (Å²) in [6, 6.07) is 7.86. The molecule has 0 N–H and O–H groups in total. The molecule has 1 aromatic rings. The van der Waals surface area contributed by atoms with E-state index in [1.807, 2.05) is 36.1 Å². The van der Waals surface area contributed by atoms with E-state index in [1.165, 1.54) is 0 Å². The van der Waals surface area contributed by atoms with E-state index in [0.29, 0.717) is 6.54 Å². The molecule has 0 aromatic heterocycles. The van der Waals surface area contributed by atoms with Crippen molar-refractivity contribution in [3.8, 4) is 5.75 Å². The molecule has 3 nitrogen and oxygen atoms in total. The number of hydrogen-bond donors (Lipinski definition) is 0. The lowest BCUT2D eigenvalue weighted by atomic mass is 10.2. The lowest BCUT2D eigenvalue weighted by molar-refractivity contribution is -0.137. The number of amides is 1. The van der Waals surface area contributed by atoms with Crippen LogP contribution in [0.1, 0.15) is 25.8 Å². The van der Waals surface area contributed by atoms with Crippen LogP contribution in [0.2, 0.25) is 0 Å². The minimum atomic E-state index is -0.379. The second-order valence-electron chi connectivity index (χ2n) is 4.13. The molecule has 1 aliphatic rings. The number of para-hydroxylation sites is 1. The molecular weight excluding hydrogens is 202 g/mol. The fourth-order valence-corrected chi connectivity index (χ4v) is 1.99. The van der Waals surface area contributed by atoms with E-state index < -0.39 is 0 Å². The molecule has 2 rings (SSSR count). The van der Waals surface area contributed by atoms with Crippen LogP contribution in [0, 0.1) is 0 Å². The van der Waals surface area contributed by atoms with Gasteiger partial charge in [-0.3, -0.25) is 4.79 Å². The van der Waals surface area contributed by atoms with Gasteiger partial charge in [-0.15, -0.1) is 0 Å². The molecule has 1 unspecified atom stereocenters. The smallest absolute Gasteiger partial charge is 0.263 e. The van der Waals surface area contributed by atoms with Gasteiger partial charge in [-0.25, -0.2) is 0 Å². The summed E-state index contributed by atoms with van der Waals surface area (Å²) in [6.07, 6.45) is 0.593. The zero-order chi connectivity index (χ0) is 11.5. The van der Waals surface area contributed by atoms with Gasteiger partial charge in [0, 0.05) is 18.7 Å². The van der Waals surface area contributed by atoms with Crippen LogP contribution in [-0.4, -0.2) is 23.5 Å². The third-order valence-corrected chi connectivity index (χ3v) is 2.79. The van der Waals surface area contributed by atoms with Gasteiger partial charge in [-0.1, -0.05) is 25.1 Å². The predicted molar refractivity (Wildman–Crippen MR) is 62.2 cm³/mol. The van der Waals surface area contributed by atoms with Gasteiger partial charge in [-0.2, -0.15) is 0 Å². The summed E-state index contributed by atoms with van der Waals surface area (Å²) in [6.45, 7) is 5.34. The average Bonchev–Trinajstić information content (AvgIpc) is 2.40. The topological polar surface area (TPSA) is 29.5 Å². The number of carbonyl (C=O) groups excluding carboxylic acids is 1. The fraction of sp³-hybridized carbons (Fsp3) is 0.462. The Morgan fingerprint density at radius 2 is 2.19 bits per heavy atom. The molecule has 1 amide bonds. The molecule has 0 bridgehead atoms. The van der Waals surface area contributed by atoms with E-state index in [9.17, 15) is 4.79 Å². The Morgan fingerprint density at radius 3 is 2.94 bits per heavy atom. The molecule has 1 aliphatic heterocycles. The summed E-state index contributed by atoms with van der Waals surface area (Å²) >= 11 is 0. The minimum Gasteiger partial charge on any atom is -0.481 e. The van der Waals surface area contributed by atoms with Crippen LogP contribution in [0.15, 0.2) is 24.3 Å². The SMILES string of the molecule is CCCN1Cc2ccccc2OC(C)C1=O. The normalized spacial score (nSPS) is 20.0. The average molecular weight is 219 g/mol. The third-order valence-electron chi connectivity index (χ3n) is 2.79. The maximum atomic E-state index is 12.0. The molecule has 0 saturated heterocycles. The van der Waals surface area contributed by atoms with Crippen molar-refractivity contribution >= 4 is 5.91 Å². The van der Waals surface area contributed by atoms with E-state index in [-0.39, 0.29) is 12.0 Å². The van der Waals surface area contributed by atoms with Crippen LogP contribution < -0.4 is 4.74 Å². The van der Waals surface area contributed by atoms with Gasteiger partial charge in [0.05, 0.1) is 0 Å². The molecular formula is C13H17NO2. The lowest BCUT2D eigenvalue weighted by Crippen LogP contribution is -2.38. The van der Waals surface area contributed by atoms with Gasteiger partial charge < -0.3 is 9.64 Å². The number of nitrogens with zero attached hydrogens (tertiary/aromatic N) is 1. The second kappa shape index (κ2) is 4.56. The lowest BCUT2D eigenvalue weighted by Gasteiger charge is -2.21. The quantitative estimate of drug-likeness (QED) is 0.763. The van der Waals surface area contributed by atoms with Gasteiger partial charge in [0.15, 0.2) is 6.10 Å². The predicted octanol–water partition coefficient (Wildman–Crippen LogP) is 2.21. The maximum Gasteiger partial charge on any atom is 0.263 e. The number of rotatable bonds is 2. The monoisotopic (exact) mass is 219 g/mol. The Bertz CT molecular complexity index is 389. The zero-order valence-electron chi connectivity index (χ0n) is 9.77. The second-order valence-corrected chi connectivity index (χ2v) is 4.13. The Hall–Kier alpha value is -1.51. The number of benzene rings is 1. The minimum absolute atomic E-state index is 0.0815. The number of fused-ring (bicyclic) bond motifs is 1. The van der Waals surface area contributed by atoms with Crippen LogP contribution in [0.25, 0.3) is 0 Å². The van der Waals surface area contributed by atoms with Crippen molar-refractivity contribution in [2.24, 2.45) is 0 Å². The summed E-state index contributed by atoms with van der Waals surface area (Å²) in [5, 5.41) is 0. The Balaban J connectivity index is 2.30. The first-order valence-electron chi connectivity index (χ1n) is 5.75. The molecule has 1 aromatic carbocycles. The van der Waals surface area contributed by atoms with Crippen molar-refractivity contribution in [1.29, 1.82) is 0 Å². The van der Waals surface area contributed by atoms with Crippen molar-refractivity contribution < 1.29 is 9.53 Å². The number of ether oxygens (including phenoxy) is 1. The van der Waals surface area contributed by atoms with E-state index in [0.717, 1.165) is 24.3 Å².